The summed E-state index contributed by atoms with van der Waals surface area (Å²) in [4.78, 5) is 25.5. The molecular formula is C37H47N2O4+. The summed E-state index contributed by atoms with van der Waals surface area (Å²) in [5.74, 6) is 1.64. The van der Waals surface area contributed by atoms with Gasteiger partial charge in [-0.15, -0.1) is 0 Å². The Kier molecular flexibility index (Phi) is 8.12. The monoisotopic (exact) mass is 583 g/mol. The van der Waals surface area contributed by atoms with Gasteiger partial charge in [-0.1, -0.05) is 56.3 Å². The molecular weight excluding hydrogens is 536 g/mol. The SMILES string of the molecule is COC12CC[C@H](NC(=O)c3ccc4ccccc4c3)C[C@@]1(c1cccc(OC(C)=O)c1)CC[N@+](CC(C)C)(CC1CC1)C2. The summed E-state index contributed by atoms with van der Waals surface area (Å²) in [7, 11) is 1.89. The minimum Gasteiger partial charge on any atom is -0.427 e. The maximum Gasteiger partial charge on any atom is 0.308 e. The highest BCUT2D eigenvalue weighted by molar-refractivity contribution is 5.98. The van der Waals surface area contributed by atoms with Crippen LogP contribution in [0.5, 0.6) is 5.75 Å². The van der Waals surface area contributed by atoms with Gasteiger partial charge in [-0.25, -0.2) is 0 Å². The van der Waals surface area contributed by atoms with E-state index in [1.165, 1.54) is 26.3 Å². The van der Waals surface area contributed by atoms with Gasteiger partial charge in [-0.3, -0.25) is 9.59 Å². The van der Waals surface area contributed by atoms with E-state index in [9.17, 15) is 9.59 Å². The van der Waals surface area contributed by atoms with Crippen LogP contribution in [0.15, 0.2) is 66.7 Å². The van der Waals surface area contributed by atoms with Gasteiger partial charge >= 0.3 is 5.97 Å². The highest BCUT2D eigenvalue weighted by Gasteiger charge is 2.64. The number of fused-ring (bicyclic) bond motifs is 2. The number of ether oxygens (including phenoxy) is 2. The number of carbonyl (C=O) groups is 2. The largest absolute Gasteiger partial charge is 0.427 e. The van der Waals surface area contributed by atoms with Crippen LogP contribution >= 0.6 is 0 Å². The van der Waals surface area contributed by atoms with Gasteiger partial charge < -0.3 is 19.3 Å². The summed E-state index contributed by atoms with van der Waals surface area (Å²) in [5, 5.41) is 5.62. The molecule has 3 aliphatic rings. The van der Waals surface area contributed by atoms with E-state index in [4.69, 9.17) is 9.47 Å². The van der Waals surface area contributed by atoms with Crippen LogP contribution in [0.1, 0.15) is 75.2 Å². The standard InChI is InChI=1S/C37H46N2O4/c1-26(2)23-39(24-28-12-13-28)19-18-36(32-10-7-11-34(21-32)43-27(3)40)22-33(16-17-37(36,25-39)42-4)38-35(41)31-15-14-29-8-5-6-9-30(29)20-31/h5-11,14-15,20-21,26,28,33H,12-13,16-19,22-25H2,1-4H3/p+1/t33-,36+,37?,39-/m0/s1. The number of piperidine rings is 1. The quantitative estimate of drug-likeness (QED) is 0.174. The van der Waals surface area contributed by atoms with Crippen molar-refractivity contribution in [1.29, 1.82) is 0 Å². The number of amides is 1. The highest BCUT2D eigenvalue weighted by Crippen LogP contribution is 2.56. The molecule has 2 aliphatic carbocycles. The van der Waals surface area contributed by atoms with E-state index in [1.54, 1.807) is 0 Å². The first-order valence-electron chi connectivity index (χ1n) is 16.1. The molecule has 0 aromatic heterocycles. The van der Waals surface area contributed by atoms with Gasteiger partial charge in [0.25, 0.3) is 5.91 Å². The first kappa shape index (κ1) is 29.8. The minimum atomic E-state index is -0.381. The lowest BCUT2D eigenvalue weighted by Gasteiger charge is -2.62. The van der Waals surface area contributed by atoms with Crippen molar-refractivity contribution in [3.63, 3.8) is 0 Å². The van der Waals surface area contributed by atoms with Gasteiger partial charge in [0.1, 0.15) is 17.9 Å². The average Bonchev–Trinajstić information content (AvgIpc) is 3.80. The predicted molar refractivity (Wildman–Crippen MR) is 170 cm³/mol. The number of hydrogen-bond donors (Lipinski definition) is 1. The molecule has 0 radical (unpaired) electrons. The van der Waals surface area contributed by atoms with E-state index in [1.807, 2.05) is 55.6 Å². The third kappa shape index (κ3) is 5.97. The van der Waals surface area contributed by atoms with Crippen molar-refractivity contribution in [2.75, 3.05) is 33.3 Å². The van der Waals surface area contributed by atoms with E-state index in [2.05, 4.69) is 37.4 Å². The molecule has 6 heteroatoms. The summed E-state index contributed by atoms with van der Waals surface area (Å²) in [6, 6.07) is 22.2. The maximum absolute atomic E-state index is 13.6. The lowest BCUT2D eigenvalue weighted by molar-refractivity contribution is -0.945. The van der Waals surface area contributed by atoms with Gasteiger partial charge in [0.15, 0.2) is 0 Å². The smallest absolute Gasteiger partial charge is 0.308 e. The molecule has 3 aromatic carbocycles. The molecule has 1 aliphatic heterocycles. The molecule has 1 heterocycles. The zero-order valence-electron chi connectivity index (χ0n) is 26.2. The highest BCUT2D eigenvalue weighted by atomic mass is 16.5. The van der Waals surface area contributed by atoms with Gasteiger partial charge in [0.2, 0.25) is 0 Å². The number of likely N-dealkylation sites (tertiary alicyclic amines) is 1. The number of carbonyl (C=O) groups excluding carboxylic acids is 2. The molecule has 43 heavy (non-hydrogen) atoms. The normalized spacial score (nSPS) is 28.8. The number of benzene rings is 3. The zero-order chi connectivity index (χ0) is 30.2. The Morgan fingerprint density at radius 1 is 0.977 bits per heavy atom. The number of hydrogen-bond acceptors (Lipinski definition) is 4. The van der Waals surface area contributed by atoms with Gasteiger partial charge in [-0.2, -0.15) is 0 Å². The molecule has 6 nitrogen and oxygen atoms in total. The molecule has 0 bridgehead atoms. The second-order valence-corrected chi connectivity index (χ2v) is 14.1. The fourth-order valence-corrected chi connectivity index (χ4v) is 8.61. The molecule has 6 rings (SSSR count). The number of methoxy groups -OCH3 is 1. The lowest BCUT2D eigenvalue weighted by atomic mass is 9.54. The van der Waals surface area contributed by atoms with Crippen molar-refractivity contribution in [3.05, 3.63) is 77.9 Å². The van der Waals surface area contributed by atoms with Crippen LogP contribution in [-0.2, 0) is 14.9 Å². The van der Waals surface area contributed by atoms with Crippen molar-refractivity contribution < 1.29 is 23.5 Å². The topological polar surface area (TPSA) is 64.6 Å². The summed E-state index contributed by atoms with van der Waals surface area (Å²) in [6.45, 7) is 10.6. The average molecular weight is 584 g/mol. The molecule has 1 amide bonds. The zero-order valence-corrected chi connectivity index (χ0v) is 26.2. The Balaban J connectivity index is 1.35. The van der Waals surface area contributed by atoms with E-state index in [0.717, 1.165) is 72.1 Å². The predicted octanol–water partition coefficient (Wildman–Crippen LogP) is 6.66. The molecule has 0 spiro atoms. The van der Waals surface area contributed by atoms with Crippen LogP contribution < -0.4 is 10.1 Å². The maximum atomic E-state index is 13.6. The van der Waals surface area contributed by atoms with Crippen molar-refractivity contribution in [1.82, 2.24) is 5.32 Å². The lowest BCUT2D eigenvalue weighted by Crippen LogP contribution is -2.73. The number of esters is 1. The van der Waals surface area contributed by atoms with Crippen LogP contribution in [-0.4, -0.2) is 61.3 Å². The Hall–Kier alpha value is -3.22. The fourth-order valence-electron chi connectivity index (χ4n) is 8.61. The molecule has 4 atom stereocenters. The summed E-state index contributed by atoms with van der Waals surface area (Å²) >= 11 is 0. The third-order valence-corrected chi connectivity index (χ3v) is 10.4. The summed E-state index contributed by atoms with van der Waals surface area (Å²) in [6.07, 6.45) is 6.17. The first-order valence-corrected chi connectivity index (χ1v) is 16.1. The third-order valence-electron chi connectivity index (χ3n) is 10.4. The van der Waals surface area contributed by atoms with Gasteiger partial charge in [0, 0.05) is 49.3 Å². The van der Waals surface area contributed by atoms with Crippen molar-refractivity contribution in [3.8, 4) is 5.75 Å². The van der Waals surface area contributed by atoms with E-state index in [0.29, 0.717) is 17.2 Å². The molecule has 2 saturated carbocycles. The van der Waals surface area contributed by atoms with E-state index >= 15 is 0 Å². The first-order chi connectivity index (χ1) is 20.6. The van der Waals surface area contributed by atoms with Crippen molar-refractivity contribution >= 4 is 22.6 Å². The number of quaternary nitrogens is 1. The molecule has 3 aromatic rings. The fraction of sp³-hybridized carbons (Fsp3) is 0.514. The van der Waals surface area contributed by atoms with E-state index in [-0.39, 0.29) is 28.9 Å². The van der Waals surface area contributed by atoms with Crippen LogP contribution in [0.25, 0.3) is 10.8 Å². The summed E-state index contributed by atoms with van der Waals surface area (Å²) < 4.78 is 13.4. The number of rotatable bonds is 9. The minimum absolute atomic E-state index is 0.00755. The second-order valence-electron chi connectivity index (χ2n) is 14.1. The Morgan fingerprint density at radius 2 is 1.77 bits per heavy atom. The van der Waals surface area contributed by atoms with Crippen LogP contribution in [0.4, 0.5) is 0 Å². The molecule has 3 fully saturated rings. The Bertz CT molecular complexity index is 1490. The van der Waals surface area contributed by atoms with Crippen LogP contribution in [0.2, 0.25) is 0 Å². The molecule has 1 N–H and O–H groups in total. The van der Waals surface area contributed by atoms with Gasteiger partial charge in [-0.05, 0) is 72.7 Å². The van der Waals surface area contributed by atoms with Crippen LogP contribution in [0.3, 0.4) is 0 Å². The number of nitrogens with one attached hydrogen (secondary N) is 1. The van der Waals surface area contributed by atoms with E-state index < -0.39 is 0 Å². The Labute approximate surface area is 256 Å². The molecule has 1 unspecified atom stereocenters. The van der Waals surface area contributed by atoms with Crippen molar-refractivity contribution in [2.24, 2.45) is 11.8 Å². The van der Waals surface area contributed by atoms with Gasteiger partial charge in [0.05, 0.1) is 19.6 Å². The molecule has 228 valence electrons. The Morgan fingerprint density at radius 3 is 2.49 bits per heavy atom. The van der Waals surface area contributed by atoms with Crippen LogP contribution in [0, 0.1) is 11.8 Å². The summed E-state index contributed by atoms with van der Waals surface area (Å²) in [5.41, 5.74) is 1.13. The molecule has 1 saturated heterocycles. The number of nitrogens with zero attached hydrogens (tertiary/aromatic N) is 1. The van der Waals surface area contributed by atoms with Crippen molar-refractivity contribution in [2.45, 2.75) is 76.4 Å². The second kappa shape index (κ2) is 11.7.